The first-order chi connectivity index (χ1) is 7.00. The number of rotatable bonds is 0. The molecular formula is C12H13ClO2. The first-order valence-electron chi connectivity index (χ1n) is 5.00. The van der Waals surface area contributed by atoms with Gasteiger partial charge in [0.2, 0.25) is 0 Å². The van der Waals surface area contributed by atoms with E-state index in [0.29, 0.717) is 22.8 Å². The van der Waals surface area contributed by atoms with Gasteiger partial charge in [0.05, 0.1) is 5.56 Å². The van der Waals surface area contributed by atoms with Crippen LogP contribution in [0.3, 0.4) is 0 Å². The van der Waals surface area contributed by atoms with Gasteiger partial charge in [0, 0.05) is 11.4 Å². The normalized spacial score (nSPS) is 19.7. The van der Waals surface area contributed by atoms with Crippen LogP contribution in [0.1, 0.15) is 34.8 Å². The van der Waals surface area contributed by atoms with E-state index in [9.17, 15) is 4.79 Å². The fourth-order valence-corrected chi connectivity index (χ4v) is 2.13. The quantitative estimate of drug-likeness (QED) is 0.676. The Morgan fingerprint density at radius 3 is 2.80 bits per heavy atom. The molecule has 0 N–H and O–H groups in total. The van der Waals surface area contributed by atoms with Crippen LogP contribution >= 0.6 is 11.6 Å². The summed E-state index contributed by atoms with van der Waals surface area (Å²) < 4.78 is 5.64. The summed E-state index contributed by atoms with van der Waals surface area (Å²) in [6.07, 6.45) is 0.401. The molecule has 0 aromatic heterocycles. The average Bonchev–Trinajstić information content (AvgIpc) is 2.13. The van der Waals surface area contributed by atoms with Crippen molar-refractivity contribution in [3.63, 3.8) is 0 Å². The molecule has 3 heteroatoms. The number of ketones is 1. The van der Waals surface area contributed by atoms with Gasteiger partial charge in [-0.25, -0.2) is 0 Å². The molecule has 2 rings (SSSR count). The minimum Gasteiger partial charge on any atom is -0.489 e. The smallest absolute Gasteiger partial charge is 0.170 e. The van der Waals surface area contributed by atoms with Crippen molar-refractivity contribution in [2.24, 2.45) is 0 Å². The molecule has 1 heterocycles. The van der Waals surface area contributed by atoms with Gasteiger partial charge in [-0.15, -0.1) is 0 Å². The molecule has 1 atom stereocenters. The molecule has 1 aliphatic heterocycles. The van der Waals surface area contributed by atoms with Crippen molar-refractivity contribution in [2.75, 3.05) is 0 Å². The Bertz CT molecular complexity index is 438. The molecule has 0 saturated heterocycles. The molecule has 1 aliphatic rings. The topological polar surface area (TPSA) is 26.3 Å². The SMILES string of the molecule is Cc1cc2c(c(C)c1Cl)C(=O)CC(C)O2. The van der Waals surface area contributed by atoms with Crippen LogP contribution in [0.15, 0.2) is 6.07 Å². The minimum absolute atomic E-state index is 0.0371. The first kappa shape index (κ1) is 10.5. The number of carbonyl (C=O) groups excluding carboxylic acids is 1. The Labute approximate surface area is 94.2 Å². The van der Waals surface area contributed by atoms with Gasteiger partial charge in [-0.2, -0.15) is 0 Å². The average molecular weight is 225 g/mol. The predicted molar refractivity (Wildman–Crippen MR) is 60.0 cm³/mol. The van der Waals surface area contributed by atoms with Crippen LogP contribution in [0.2, 0.25) is 5.02 Å². The predicted octanol–water partition coefficient (Wildman–Crippen LogP) is 3.31. The molecule has 1 unspecified atom stereocenters. The van der Waals surface area contributed by atoms with Crippen LogP contribution in [0, 0.1) is 13.8 Å². The second-order valence-corrected chi connectivity index (χ2v) is 4.44. The van der Waals surface area contributed by atoms with Crippen LogP contribution in [0.25, 0.3) is 0 Å². The van der Waals surface area contributed by atoms with Crippen LogP contribution in [0.5, 0.6) is 5.75 Å². The molecule has 80 valence electrons. The Hall–Kier alpha value is -1.02. The van der Waals surface area contributed by atoms with E-state index in [4.69, 9.17) is 16.3 Å². The maximum atomic E-state index is 11.8. The molecule has 1 aromatic rings. The highest BCUT2D eigenvalue weighted by Crippen LogP contribution is 2.36. The number of hydrogen-bond donors (Lipinski definition) is 0. The lowest BCUT2D eigenvalue weighted by atomic mass is 9.95. The van der Waals surface area contributed by atoms with Crippen LogP contribution < -0.4 is 4.74 Å². The minimum atomic E-state index is -0.0371. The van der Waals surface area contributed by atoms with E-state index in [2.05, 4.69) is 0 Å². The summed E-state index contributed by atoms with van der Waals surface area (Å²) in [5.74, 6) is 0.807. The number of carbonyl (C=O) groups is 1. The second-order valence-electron chi connectivity index (χ2n) is 4.06. The number of fused-ring (bicyclic) bond motifs is 1. The molecular weight excluding hydrogens is 212 g/mol. The third-order valence-corrected chi connectivity index (χ3v) is 3.31. The van der Waals surface area contributed by atoms with Crippen molar-refractivity contribution in [3.8, 4) is 5.75 Å². The molecule has 2 nitrogen and oxygen atoms in total. The second kappa shape index (κ2) is 3.53. The monoisotopic (exact) mass is 224 g/mol. The Balaban J connectivity index is 2.66. The molecule has 0 radical (unpaired) electrons. The van der Waals surface area contributed by atoms with Crippen LogP contribution in [0.4, 0.5) is 0 Å². The van der Waals surface area contributed by atoms with E-state index in [1.54, 1.807) is 0 Å². The fourth-order valence-electron chi connectivity index (χ4n) is 1.98. The molecule has 0 aliphatic carbocycles. The largest absolute Gasteiger partial charge is 0.489 e. The van der Waals surface area contributed by atoms with Crippen molar-refractivity contribution in [1.29, 1.82) is 0 Å². The molecule has 0 saturated carbocycles. The van der Waals surface area contributed by atoms with Crippen molar-refractivity contribution >= 4 is 17.4 Å². The van der Waals surface area contributed by atoms with E-state index in [1.165, 1.54) is 0 Å². The molecule has 0 bridgehead atoms. The van der Waals surface area contributed by atoms with Gasteiger partial charge in [0.25, 0.3) is 0 Å². The molecule has 0 amide bonds. The van der Waals surface area contributed by atoms with Crippen molar-refractivity contribution in [3.05, 3.63) is 27.8 Å². The van der Waals surface area contributed by atoms with Gasteiger partial charge in [-0.05, 0) is 38.0 Å². The van der Waals surface area contributed by atoms with Gasteiger partial charge in [0.1, 0.15) is 11.9 Å². The molecule has 1 aromatic carbocycles. The van der Waals surface area contributed by atoms with E-state index in [1.807, 2.05) is 26.8 Å². The van der Waals surface area contributed by atoms with Gasteiger partial charge < -0.3 is 4.74 Å². The third kappa shape index (κ3) is 1.63. The summed E-state index contributed by atoms with van der Waals surface area (Å²) in [6, 6.07) is 1.85. The van der Waals surface area contributed by atoms with Crippen molar-refractivity contribution in [1.82, 2.24) is 0 Å². The molecule has 15 heavy (non-hydrogen) atoms. The van der Waals surface area contributed by atoms with Crippen molar-refractivity contribution in [2.45, 2.75) is 33.3 Å². The van der Waals surface area contributed by atoms with Gasteiger partial charge in [-0.3, -0.25) is 4.79 Å². The van der Waals surface area contributed by atoms with E-state index in [-0.39, 0.29) is 11.9 Å². The summed E-state index contributed by atoms with van der Waals surface area (Å²) in [5.41, 5.74) is 2.45. The van der Waals surface area contributed by atoms with E-state index >= 15 is 0 Å². The van der Waals surface area contributed by atoms with E-state index in [0.717, 1.165) is 11.1 Å². The highest BCUT2D eigenvalue weighted by molar-refractivity contribution is 6.32. The third-order valence-electron chi connectivity index (χ3n) is 2.72. The standard InChI is InChI=1S/C12H13ClO2/c1-6-4-10-11(8(3)12(6)13)9(14)5-7(2)15-10/h4,7H,5H2,1-3H3. The Morgan fingerprint density at radius 2 is 2.13 bits per heavy atom. The first-order valence-corrected chi connectivity index (χ1v) is 5.38. The highest BCUT2D eigenvalue weighted by atomic mass is 35.5. The number of halogens is 1. The van der Waals surface area contributed by atoms with Crippen LogP contribution in [-0.4, -0.2) is 11.9 Å². The summed E-state index contributed by atoms with van der Waals surface area (Å²) in [5, 5.41) is 0.667. The summed E-state index contributed by atoms with van der Waals surface area (Å²) in [6.45, 7) is 5.69. The lowest BCUT2D eigenvalue weighted by Crippen LogP contribution is -2.25. The number of aryl methyl sites for hydroxylation is 1. The van der Waals surface area contributed by atoms with Crippen LogP contribution in [-0.2, 0) is 0 Å². The van der Waals surface area contributed by atoms with Gasteiger partial charge >= 0.3 is 0 Å². The number of hydrogen-bond acceptors (Lipinski definition) is 2. The lowest BCUT2D eigenvalue weighted by Gasteiger charge is -2.24. The molecule has 0 fully saturated rings. The zero-order valence-corrected chi connectivity index (χ0v) is 9.81. The zero-order valence-electron chi connectivity index (χ0n) is 9.06. The maximum Gasteiger partial charge on any atom is 0.170 e. The highest BCUT2D eigenvalue weighted by Gasteiger charge is 2.26. The number of Topliss-reactive ketones (excluding diaryl/α,β-unsaturated/α-hetero) is 1. The Kier molecular flexibility index (Phi) is 2.47. The van der Waals surface area contributed by atoms with E-state index < -0.39 is 0 Å². The maximum absolute atomic E-state index is 11.8. The lowest BCUT2D eigenvalue weighted by molar-refractivity contribution is 0.0870. The molecule has 0 spiro atoms. The number of benzene rings is 1. The Morgan fingerprint density at radius 1 is 1.47 bits per heavy atom. The van der Waals surface area contributed by atoms with Gasteiger partial charge in [-0.1, -0.05) is 11.6 Å². The number of ether oxygens (including phenoxy) is 1. The van der Waals surface area contributed by atoms with Gasteiger partial charge in [0.15, 0.2) is 5.78 Å². The fraction of sp³-hybridized carbons (Fsp3) is 0.417. The summed E-state index contributed by atoms with van der Waals surface area (Å²) >= 11 is 6.11. The zero-order chi connectivity index (χ0) is 11.2. The summed E-state index contributed by atoms with van der Waals surface area (Å²) in [7, 11) is 0. The van der Waals surface area contributed by atoms with Crippen molar-refractivity contribution < 1.29 is 9.53 Å². The summed E-state index contributed by atoms with van der Waals surface area (Å²) in [4.78, 5) is 11.8.